The van der Waals surface area contributed by atoms with Crippen LogP contribution in [0.1, 0.15) is 10.4 Å². The molecule has 0 spiro atoms. The largest absolute Gasteiger partial charge is 0.490 e. The summed E-state index contributed by atoms with van der Waals surface area (Å²) in [6.07, 6.45) is 0. The number of halogens is 1. The van der Waals surface area contributed by atoms with Crippen LogP contribution in [0.2, 0.25) is 5.02 Å². The normalized spacial score (nSPS) is 11.0. The first-order chi connectivity index (χ1) is 12.2. The van der Waals surface area contributed by atoms with Crippen LogP contribution in [0.5, 0.6) is 5.75 Å². The van der Waals surface area contributed by atoms with Crippen molar-refractivity contribution in [1.82, 2.24) is 0 Å². The lowest BCUT2D eigenvalue weighted by molar-refractivity contribution is -0.385. The molecule has 0 bridgehead atoms. The zero-order valence-corrected chi connectivity index (χ0v) is 14.7. The Morgan fingerprint density at radius 3 is 2.38 bits per heavy atom. The zero-order chi connectivity index (χ0) is 19.3. The van der Waals surface area contributed by atoms with Gasteiger partial charge in [0.25, 0.3) is 5.69 Å². The molecule has 138 valence electrons. The molecule has 0 aliphatic heterocycles. The van der Waals surface area contributed by atoms with Crippen molar-refractivity contribution in [3.8, 4) is 5.75 Å². The number of benzene rings is 2. The fraction of sp³-hybridized carbons (Fsp3) is 0.133. The Morgan fingerprint density at radius 1 is 1.15 bits per heavy atom. The lowest BCUT2D eigenvalue weighted by atomic mass is 10.2. The van der Waals surface area contributed by atoms with Crippen LogP contribution in [0.4, 0.5) is 5.69 Å². The molecule has 0 saturated heterocycles. The summed E-state index contributed by atoms with van der Waals surface area (Å²) in [5.74, 6) is -0.549. The number of hydrogen-bond donors (Lipinski definition) is 1. The van der Waals surface area contributed by atoms with Crippen LogP contribution in [0.15, 0.2) is 47.4 Å². The van der Waals surface area contributed by atoms with Crippen molar-refractivity contribution in [2.45, 2.75) is 4.90 Å². The van der Waals surface area contributed by atoms with Gasteiger partial charge in [-0.15, -0.1) is 0 Å². The van der Waals surface area contributed by atoms with Crippen LogP contribution in [0.3, 0.4) is 0 Å². The minimum atomic E-state index is -3.79. The number of primary sulfonamides is 1. The van der Waals surface area contributed by atoms with E-state index in [1.165, 1.54) is 36.4 Å². The number of carbonyl (C=O) groups excluding carboxylic acids is 1. The highest BCUT2D eigenvalue weighted by molar-refractivity contribution is 7.89. The molecule has 0 atom stereocenters. The monoisotopic (exact) mass is 400 g/mol. The summed E-state index contributed by atoms with van der Waals surface area (Å²) < 4.78 is 32.5. The maximum absolute atomic E-state index is 11.9. The van der Waals surface area contributed by atoms with Crippen molar-refractivity contribution in [2.24, 2.45) is 5.14 Å². The SMILES string of the molecule is NS(=O)(=O)c1ccc(OCCOC(=O)c2ccc(Cl)cc2[N+](=O)[O-])cc1. The van der Waals surface area contributed by atoms with Gasteiger partial charge >= 0.3 is 5.97 Å². The minimum absolute atomic E-state index is 0.0398. The Morgan fingerprint density at radius 2 is 1.81 bits per heavy atom. The van der Waals surface area contributed by atoms with Crippen molar-refractivity contribution in [3.63, 3.8) is 0 Å². The standard InChI is InChI=1S/C15H13ClN2O7S/c16-10-1-6-13(14(9-10)18(20)21)15(19)25-8-7-24-11-2-4-12(5-3-11)26(17,22)23/h1-6,9H,7-8H2,(H2,17,22,23). The number of nitro benzene ring substituents is 1. The summed E-state index contributed by atoms with van der Waals surface area (Å²) in [6.45, 7) is -0.211. The van der Waals surface area contributed by atoms with Crippen LogP contribution in [-0.4, -0.2) is 32.5 Å². The molecule has 2 aromatic rings. The fourth-order valence-corrected chi connectivity index (χ4v) is 2.61. The topological polar surface area (TPSA) is 139 Å². The van der Waals surface area contributed by atoms with Crippen molar-refractivity contribution in [1.29, 1.82) is 0 Å². The molecule has 0 radical (unpaired) electrons. The van der Waals surface area contributed by atoms with Crippen molar-refractivity contribution >= 4 is 33.3 Å². The van der Waals surface area contributed by atoms with Gasteiger partial charge in [0.05, 0.1) is 9.82 Å². The van der Waals surface area contributed by atoms with Crippen LogP contribution in [-0.2, 0) is 14.8 Å². The van der Waals surface area contributed by atoms with E-state index in [9.17, 15) is 23.3 Å². The third-order valence-corrected chi connectivity index (χ3v) is 4.28. The van der Waals surface area contributed by atoms with E-state index in [0.717, 1.165) is 6.07 Å². The second kappa shape index (κ2) is 8.13. The zero-order valence-electron chi connectivity index (χ0n) is 13.1. The first-order valence-electron chi connectivity index (χ1n) is 7.05. The van der Waals surface area contributed by atoms with Crippen LogP contribution in [0.25, 0.3) is 0 Å². The van der Waals surface area contributed by atoms with Gasteiger partial charge in [0, 0.05) is 11.1 Å². The van der Waals surface area contributed by atoms with Gasteiger partial charge in [0.2, 0.25) is 10.0 Å². The van der Waals surface area contributed by atoms with Gasteiger partial charge in [-0.05, 0) is 36.4 Å². The van der Waals surface area contributed by atoms with Gasteiger partial charge in [0.15, 0.2) is 0 Å². The summed E-state index contributed by atoms with van der Waals surface area (Å²) in [5.41, 5.74) is -0.682. The molecule has 0 unspecified atom stereocenters. The van der Waals surface area contributed by atoms with Gasteiger partial charge in [-0.1, -0.05) is 11.6 Å². The van der Waals surface area contributed by atoms with Gasteiger partial charge in [-0.2, -0.15) is 0 Å². The predicted octanol–water partition coefficient (Wildman–Crippen LogP) is 2.13. The van der Waals surface area contributed by atoms with E-state index in [-0.39, 0.29) is 28.7 Å². The quantitative estimate of drug-likeness (QED) is 0.325. The average molecular weight is 401 g/mol. The average Bonchev–Trinajstić information content (AvgIpc) is 2.58. The number of nitrogens with two attached hydrogens (primary N) is 1. The number of carbonyl (C=O) groups is 1. The Hall–Kier alpha value is -2.69. The molecule has 11 heteroatoms. The second-order valence-corrected chi connectivity index (χ2v) is 6.92. The molecule has 2 N–H and O–H groups in total. The number of ether oxygens (including phenoxy) is 2. The summed E-state index contributed by atoms with van der Waals surface area (Å²) >= 11 is 5.68. The third-order valence-electron chi connectivity index (χ3n) is 3.11. The van der Waals surface area contributed by atoms with E-state index >= 15 is 0 Å². The first kappa shape index (κ1) is 19.6. The van der Waals surface area contributed by atoms with Gasteiger partial charge in [-0.3, -0.25) is 10.1 Å². The van der Waals surface area contributed by atoms with Crippen molar-refractivity contribution < 1.29 is 27.6 Å². The second-order valence-electron chi connectivity index (χ2n) is 4.92. The van der Waals surface area contributed by atoms with E-state index in [2.05, 4.69) is 0 Å². The van der Waals surface area contributed by atoms with Crippen LogP contribution < -0.4 is 9.88 Å². The molecule has 26 heavy (non-hydrogen) atoms. The van der Waals surface area contributed by atoms with E-state index in [1.54, 1.807) is 0 Å². The van der Waals surface area contributed by atoms with Gasteiger partial charge in [0.1, 0.15) is 24.5 Å². The van der Waals surface area contributed by atoms with E-state index in [4.69, 9.17) is 26.2 Å². The molecule has 0 fully saturated rings. The third kappa shape index (κ3) is 5.15. The molecule has 0 saturated carbocycles. The highest BCUT2D eigenvalue weighted by atomic mass is 35.5. The van der Waals surface area contributed by atoms with Crippen molar-refractivity contribution in [2.75, 3.05) is 13.2 Å². The smallest absolute Gasteiger partial charge is 0.345 e. The Kier molecular flexibility index (Phi) is 6.14. The molecule has 0 aliphatic carbocycles. The van der Waals surface area contributed by atoms with Crippen LogP contribution in [0, 0.1) is 10.1 Å². The molecule has 0 amide bonds. The predicted molar refractivity (Wildman–Crippen MR) is 91.7 cm³/mol. The Bertz CT molecular complexity index is 930. The number of rotatable bonds is 7. The number of nitro groups is 1. The number of esters is 1. The highest BCUT2D eigenvalue weighted by Gasteiger charge is 2.21. The van der Waals surface area contributed by atoms with E-state index in [0.29, 0.717) is 5.75 Å². The van der Waals surface area contributed by atoms with E-state index in [1.807, 2.05) is 0 Å². The van der Waals surface area contributed by atoms with Gasteiger partial charge < -0.3 is 9.47 Å². The maximum atomic E-state index is 11.9. The molecule has 0 aliphatic rings. The van der Waals surface area contributed by atoms with Crippen LogP contribution >= 0.6 is 11.6 Å². The summed E-state index contributed by atoms with van der Waals surface area (Å²) in [5, 5.41) is 16.1. The summed E-state index contributed by atoms with van der Waals surface area (Å²) in [6, 6.07) is 8.94. The number of sulfonamides is 1. The molecular weight excluding hydrogens is 388 g/mol. The maximum Gasteiger partial charge on any atom is 0.345 e. The number of hydrogen-bond acceptors (Lipinski definition) is 7. The highest BCUT2D eigenvalue weighted by Crippen LogP contribution is 2.24. The minimum Gasteiger partial charge on any atom is -0.490 e. The van der Waals surface area contributed by atoms with Gasteiger partial charge in [-0.25, -0.2) is 18.4 Å². The molecule has 0 heterocycles. The molecule has 2 rings (SSSR count). The molecular formula is C15H13ClN2O7S. The van der Waals surface area contributed by atoms with Crippen molar-refractivity contribution in [3.05, 3.63) is 63.2 Å². The molecule has 9 nitrogen and oxygen atoms in total. The fourth-order valence-electron chi connectivity index (χ4n) is 1.93. The van der Waals surface area contributed by atoms with E-state index < -0.39 is 26.6 Å². The summed E-state index contributed by atoms with van der Waals surface area (Å²) in [4.78, 5) is 22.1. The first-order valence-corrected chi connectivity index (χ1v) is 8.97. The lowest BCUT2D eigenvalue weighted by Gasteiger charge is -2.08. The Labute approximate surface area is 153 Å². The summed E-state index contributed by atoms with van der Waals surface area (Å²) in [7, 11) is -3.79. The molecule has 2 aromatic carbocycles. The molecule has 0 aromatic heterocycles. The lowest BCUT2D eigenvalue weighted by Crippen LogP contribution is -2.14. The Balaban J connectivity index is 1.90. The number of nitrogens with zero attached hydrogens (tertiary/aromatic N) is 1.